The third kappa shape index (κ3) is 4.20. The minimum Gasteiger partial charge on any atom is -0.481 e. The number of nitrogens with one attached hydrogen (secondary N) is 2. The molecule has 2 amide bonds. The first kappa shape index (κ1) is 20.7. The van der Waals surface area contributed by atoms with Crippen LogP contribution in [0.15, 0.2) is 18.2 Å². The van der Waals surface area contributed by atoms with Gasteiger partial charge in [0.15, 0.2) is 6.10 Å². The summed E-state index contributed by atoms with van der Waals surface area (Å²) in [4.78, 5) is 36.5. The Bertz CT molecular complexity index is 788. The highest BCUT2D eigenvalue weighted by molar-refractivity contribution is 6.34. The number of halogens is 2. The summed E-state index contributed by atoms with van der Waals surface area (Å²) in [6, 6.07) is 4.67. The molecule has 0 saturated heterocycles. The first-order valence-electron chi connectivity index (χ1n) is 9.26. The molecule has 0 heterocycles. The predicted octanol–water partition coefficient (Wildman–Crippen LogP) is 3.05. The summed E-state index contributed by atoms with van der Waals surface area (Å²) >= 11 is 12.0. The summed E-state index contributed by atoms with van der Waals surface area (Å²) in [5, 5.41) is 10.2. The van der Waals surface area contributed by atoms with Crippen LogP contribution in [-0.2, 0) is 14.4 Å². The summed E-state index contributed by atoms with van der Waals surface area (Å²) in [6.45, 7) is 1.75. The van der Waals surface area contributed by atoms with Gasteiger partial charge in [-0.1, -0.05) is 30.1 Å². The van der Waals surface area contributed by atoms with Crippen LogP contribution in [0.4, 0.5) is 0 Å². The van der Waals surface area contributed by atoms with Crippen molar-refractivity contribution >= 4 is 41.0 Å². The number of carboxylic acids is 1. The van der Waals surface area contributed by atoms with E-state index in [9.17, 15) is 19.5 Å². The SMILES string of the molecule is CC[C@@H](Oc1cc(Cl)ccc1Cl)C(=O)NNC(=O)[C@H]1[C@@H]2CC[C@@H](C2)[C@@H]1C(=O)O. The van der Waals surface area contributed by atoms with E-state index in [4.69, 9.17) is 27.9 Å². The Hall–Kier alpha value is -1.99. The largest absolute Gasteiger partial charge is 0.481 e. The van der Waals surface area contributed by atoms with Crippen LogP contribution in [0.5, 0.6) is 5.75 Å². The number of aliphatic carboxylic acids is 1. The average Bonchev–Trinajstić information content (AvgIpc) is 3.27. The fourth-order valence-electron chi connectivity index (χ4n) is 4.35. The third-order valence-electron chi connectivity index (χ3n) is 5.64. The maximum atomic E-state index is 12.6. The smallest absolute Gasteiger partial charge is 0.307 e. The lowest BCUT2D eigenvalue weighted by Gasteiger charge is -2.27. The van der Waals surface area contributed by atoms with E-state index >= 15 is 0 Å². The number of ether oxygens (including phenoxy) is 1. The Morgan fingerprint density at radius 2 is 1.86 bits per heavy atom. The second-order valence-corrected chi connectivity index (χ2v) is 8.13. The van der Waals surface area contributed by atoms with E-state index in [0.717, 1.165) is 19.3 Å². The molecule has 152 valence electrons. The van der Waals surface area contributed by atoms with Crippen LogP contribution in [0.3, 0.4) is 0 Å². The topological polar surface area (TPSA) is 105 Å². The highest BCUT2D eigenvalue weighted by Gasteiger charge is 2.54. The summed E-state index contributed by atoms with van der Waals surface area (Å²) in [6.07, 6.45) is 1.86. The second-order valence-electron chi connectivity index (χ2n) is 7.29. The number of carbonyl (C=O) groups excluding carboxylic acids is 2. The zero-order chi connectivity index (χ0) is 20.4. The molecule has 2 saturated carbocycles. The van der Waals surface area contributed by atoms with Crippen LogP contribution in [-0.4, -0.2) is 29.0 Å². The van der Waals surface area contributed by atoms with Gasteiger partial charge in [-0.15, -0.1) is 0 Å². The molecule has 3 N–H and O–H groups in total. The quantitative estimate of drug-likeness (QED) is 0.603. The molecule has 28 heavy (non-hydrogen) atoms. The van der Waals surface area contributed by atoms with Crippen molar-refractivity contribution < 1.29 is 24.2 Å². The van der Waals surface area contributed by atoms with Crippen molar-refractivity contribution in [3.63, 3.8) is 0 Å². The molecule has 3 rings (SSSR count). The van der Waals surface area contributed by atoms with Gasteiger partial charge < -0.3 is 9.84 Å². The van der Waals surface area contributed by atoms with Gasteiger partial charge in [-0.05, 0) is 49.7 Å². The fraction of sp³-hybridized carbons (Fsp3) is 0.526. The number of carboxylic acid groups (broad SMARTS) is 1. The van der Waals surface area contributed by atoms with Gasteiger partial charge in [0.2, 0.25) is 5.91 Å². The number of hydrogen-bond acceptors (Lipinski definition) is 4. The number of hydrazine groups is 1. The van der Waals surface area contributed by atoms with E-state index in [-0.39, 0.29) is 17.6 Å². The van der Waals surface area contributed by atoms with Gasteiger partial charge in [0.25, 0.3) is 5.91 Å². The Morgan fingerprint density at radius 3 is 2.50 bits per heavy atom. The first-order chi connectivity index (χ1) is 13.3. The minimum atomic E-state index is -0.955. The first-order valence-corrected chi connectivity index (χ1v) is 10.0. The van der Waals surface area contributed by atoms with Crippen molar-refractivity contribution in [1.82, 2.24) is 10.9 Å². The molecule has 1 aromatic carbocycles. The molecule has 7 nitrogen and oxygen atoms in total. The van der Waals surface area contributed by atoms with Crippen LogP contribution in [0.25, 0.3) is 0 Å². The summed E-state index contributed by atoms with van der Waals surface area (Å²) in [7, 11) is 0. The normalized spacial score (nSPS) is 26.5. The maximum absolute atomic E-state index is 12.6. The van der Waals surface area contributed by atoms with E-state index in [1.807, 2.05) is 0 Å². The van der Waals surface area contributed by atoms with Crippen molar-refractivity contribution in [3.8, 4) is 5.75 Å². The van der Waals surface area contributed by atoms with Crippen molar-refractivity contribution in [2.24, 2.45) is 23.7 Å². The number of carbonyl (C=O) groups is 3. The van der Waals surface area contributed by atoms with Gasteiger partial charge in [-0.3, -0.25) is 25.2 Å². The molecule has 2 aliphatic carbocycles. The van der Waals surface area contributed by atoms with E-state index in [2.05, 4.69) is 10.9 Å². The van der Waals surface area contributed by atoms with E-state index < -0.39 is 35.7 Å². The number of benzene rings is 1. The zero-order valence-corrected chi connectivity index (χ0v) is 16.8. The number of amides is 2. The lowest BCUT2D eigenvalue weighted by molar-refractivity contribution is -0.150. The molecular formula is C19H22Cl2N2O5. The van der Waals surface area contributed by atoms with Crippen molar-refractivity contribution in [3.05, 3.63) is 28.2 Å². The Labute approximate surface area is 172 Å². The fourth-order valence-corrected chi connectivity index (χ4v) is 4.68. The lowest BCUT2D eigenvalue weighted by atomic mass is 9.79. The van der Waals surface area contributed by atoms with Gasteiger partial charge in [0.1, 0.15) is 5.75 Å². The van der Waals surface area contributed by atoms with Crippen LogP contribution < -0.4 is 15.6 Å². The number of fused-ring (bicyclic) bond motifs is 2. The molecule has 5 atom stereocenters. The maximum Gasteiger partial charge on any atom is 0.307 e. The van der Waals surface area contributed by atoms with Crippen LogP contribution in [0, 0.1) is 23.7 Å². The van der Waals surface area contributed by atoms with Crippen molar-refractivity contribution in [2.75, 3.05) is 0 Å². The number of rotatable bonds is 6. The molecule has 1 aromatic rings. The van der Waals surface area contributed by atoms with Crippen LogP contribution in [0.1, 0.15) is 32.6 Å². The zero-order valence-electron chi connectivity index (χ0n) is 15.3. The van der Waals surface area contributed by atoms with E-state index in [1.165, 1.54) is 6.07 Å². The highest BCUT2D eigenvalue weighted by Crippen LogP contribution is 2.52. The molecule has 2 bridgehead atoms. The van der Waals surface area contributed by atoms with E-state index in [0.29, 0.717) is 16.5 Å². The molecule has 0 aliphatic heterocycles. The van der Waals surface area contributed by atoms with Crippen LogP contribution >= 0.6 is 23.2 Å². The summed E-state index contributed by atoms with van der Waals surface area (Å²) < 4.78 is 5.63. The second kappa shape index (κ2) is 8.57. The average molecular weight is 429 g/mol. The van der Waals surface area contributed by atoms with Gasteiger partial charge in [0, 0.05) is 11.1 Å². The molecule has 2 fully saturated rings. The Kier molecular flexibility index (Phi) is 6.35. The lowest BCUT2D eigenvalue weighted by Crippen LogP contribution is -2.52. The monoisotopic (exact) mass is 428 g/mol. The molecule has 0 unspecified atom stereocenters. The highest BCUT2D eigenvalue weighted by atomic mass is 35.5. The summed E-state index contributed by atoms with van der Waals surface area (Å²) in [5.41, 5.74) is 4.73. The Morgan fingerprint density at radius 1 is 1.18 bits per heavy atom. The molecule has 0 aromatic heterocycles. The van der Waals surface area contributed by atoms with E-state index in [1.54, 1.807) is 19.1 Å². The van der Waals surface area contributed by atoms with Crippen molar-refractivity contribution in [2.45, 2.75) is 38.7 Å². The summed E-state index contributed by atoms with van der Waals surface area (Å²) in [5.74, 6) is -2.95. The molecule has 2 aliphatic rings. The van der Waals surface area contributed by atoms with Crippen molar-refractivity contribution in [1.29, 1.82) is 0 Å². The molecule has 0 spiro atoms. The van der Waals surface area contributed by atoms with Gasteiger partial charge >= 0.3 is 5.97 Å². The minimum absolute atomic E-state index is 0.0330. The van der Waals surface area contributed by atoms with Gasteiger partial charge in [-0.25, -0.2) is 0 Å². The number of hydrogen-bond donors (Lipinski definition) is 3. The molecule has 0 radical (unpaired) electrons. The van der Waals surface area contributed by atoms with Gasteiger partial charge in [0.05, 0.1) is 16.9 Å². The third-order valence-corrected chi connectivity index (χ3v) is 6.19. The van der Waals surface area contributed by atoms with Crippen LogP contribution in [0.2, 0.25) is 10.0 Å². The van der Waals surface area contributed by atoms with Gasteiger partial charge in [-0.2, -0.15) is 0 Å². The molecule has 9 heteroatoms. The molecular weight excluding hydrogens is 407 g/mol. The standard InChI is InChI=1S/C19H22Cl2N2O5/c1-2-13(28-14-8-11(20)5-6-12(14)21)17(24)22-23-18(25)15-9-3-4-10(7-9)16(15)19(26)27/h5-6,8-10,13,15-16H,2-4,7H2,1H3,(H,22,24)(H,23,25)(H,26,27)/t9-,10+,13-,15+,16+/m1/s1. The Balaban J connectivity index is 1.60. The predicted molar refractivity (Wildman–Crippen MR) is 103 cm³/mol.